The third-order valence-corrected chi connectivity index (χ3v) is 7.18. The van der Waals surface area contributed by atoms with Gasteiger partial charge in [-0.15, -0.1) is 0 Å². The first-order valence-electron chi connectivity index (χ1n) is 13.1. The highest BCUT2D eigenvalue weighted by atomic mass is 16.6. The number of ether oxygens (including phenoxy) is 3. The number of aromatic nitrogens is 1. The molecule has 0 aliphatic carbocycles. The lowest BCUT2D eigenvalue weighted by Crippen LogP contribution is -2.52. The molecule has 1 aromatic heterocycles. The highest BCUT2D eigenvalue weighted by Gasteiger charge is 2.41. The number of carbonyl (C=O) groups excluding carboxylic acids is 2. The Labute approximate surface area is 218 Å². The van der Waals surface area contributed by atoms with E-state index in [1.807, 2.05) is 51.2 Å². The van der Waals surface area contributed by atoms with E-state index in [2.05, 4.69) is 16.4 Å². The molecular formula is C28H36N4O5. The Morgan fingerprint density at radius 3 is 2.38 bits per heavy atom. The van der Waals surface area contributed by atoms with Crippen molar-refractivity contribution in [2.75, 3.05) is 44.7 Å². The molecule has 3 aliphatic rings. The van der Waals surface area contributed by atoms with Crippen LogP contribution in [0.5, 0.6) is 5.75 Å². The standard InChI is InChI=1S/C28H36N4O5/c1-27(2,3)37-26(34)32-12-10-28(11-13-32)9-8-21-18-23(29-19-24(21)36-28)20-4-6-22(7-5-20)30-25(33)31-14-16-35-17-15-31/h4-7,18-19H,8-17H2,1-3H3,(H,30,33). The van der Waals surface area contributed by atoms with Gasteiger partial charge in [0.2, 0.25) is 0 Å². The summed E-state index contributed by atoms with van der Waals surface area (Å²) >= 11 is 0. The number of piperidine rings is 1. The Bertz CT molecular complexity index is 1130. The van der Waals surface area contributed by atoms with Crippen LogP contribution in [0.3, 0.4) is 0 Å². The Morgan fingerprint density at radius 1 is 1.00 bits per heavy atom. The van der Waals surface area contributed by atoms with Crippen molar-refractivity contribution in [1.29, 1.82) is 0 Å². The summed E-state index contributed by atoms with van der Waals surface area (Å²) in [5, 5.41) is 2.95. The monoisotopic (exact) mass is 508 g/mol. The molecule has 2 aromatic rings. The summed E-state index contributed by atoms with van der Waals surface area (Å²) in [5.74, 6) is 0.829. The molecule has 198 valence electrons. The molecular weight excluding hydrogens is 472 g/mol. The van der Waals surface area contributed by atoms with Gasteiger partial charge in [0.1, 0.15) is 17.0 Å². The Balaban J connectivity index is 1.19. The predicted molar refractivity (Wildman–Crippen MR) is 140 cm³/mol. The van der Waals surface area contributed by atoms with Gasteiger partial charge in [0.25, 0.3) is 0 Å². The number of carbonyl (C=O) groups is 2. The van der Waals surface area contributed by atoms with E-state index in [1.54, 1.807) is 9.80 Å². The van der Waals surface area contributed by atoms with Crippen LogP contribution in [0.2, 0.25) is 0 Å². The first-order chi connectivity index (χ1) is 17.7. The second-order valence-corrected chi connectivity index (χ2v) is 11.0. The van der Waals surface area contributed by atoms with Crippen molar-refractivity contribution >= 4 is 17.8 Å². The van der Waals surface area contributed by atoms with Crippen molar-refractivity contribution in [3.8, 4) is 17.0 Å². The first-order valence-corrected chi connectivity index (χ1v) is 13.1. The molecule has 9 heteroatoms. The maximum absolute atomic E-state index is 12.4. The number of nitrogens with one attached hydrogen (secondary N) is 1. The molecule has 0 radical (unpaired) electrons. The van der Waals surface area contributed by atoms with Crippen LogP contribution >= 0.6 is 0 Å². The van der Waals surface area contributed by atoms with Gasteiger partial charge < -0.3 is 29.3 Å². The van der Waals surface area contributed by atoms with Gasteiger partial charge in [-0.25, -0.2) is 9.59 Å². The maximum atomic E-state index is 12.4. The maximum Gasteiger partial charge on any atom is 0.410 e. The molecule has 1 N–H and O–H groups in total. The lowest BCUT2D eigenvalue weighted by atomic mass is 9.83. The zero-order valence-corrected chi connectivity index (χ0v) is 21.9. The molecule has 3 aliphatic heterocycles. The predicted octanol–water partition coefficient (Wildman–Crippen LogP) is 4.71. The molecule has 1 aromatic carbocycles. The largest absolute Gasteiger partial charge is 0.485 e. The topological polar surface area (TPSA) is 93.2 Å². The molecule has 3 amide bonds. The van der Waals surface area contributed by atoms with Gasteiger partial charge in [0, 0.05) is 50.3 Å². The van der Waals surface area contributed by atoms with Gasteiger partial charge in [-0.2, -0.15) is 0 Å². The normalized spacial score (nSPS) is 19.1. The smallest absolute Gasteiger partial charge is 0.410 e. The van der Waals surface area contributed by atoms with Crippen molar-refractivity contribution in [2.45, 2.75) is 57.7 Å². The molecule has 9 nitrogen and oxygen atoms in total. The highest BCUT2D eigenvalue weighted by Crippen LogP contribution is 2.40. The number of morpholine rings is 1. The molecule has 5 rings (SSSR count). The average Bonchev–Trinajstić information content (AvgIpc) is 2.89. The van der Waals surface area contributed by atoms with Crippen LogP contribution in [0, 0.1) is 0 Å². The van der Waals surface area contributed by atoms with Crippen LogP contribution < -0.4 is 10.1 Å². The number of aryl methyl sites for hydroxylation is 1. The van der Waals surface area contributed by atoms with Gasteiger partial charge in [-0.1, -0.05) is 12.1 Å². The Hall–Kier alpha value is -3.33. The van der Waals surface area contributed by atoms with Crippen molar-refractivity contribution in [3.05, 3.63) is 42.1 Å². The summed E-state index contributed by atoms with van der Waals surface area (Å²) in [7, 11) is 0. The summed E-state index contributed by atoms with van der Waals surface area (Å²) < 4.78 is 17.3. The van der Waals surface area contributed by atoms with Crippen LogP contribution in [0.25, 0.3) is 11.3 Å². The van der Waals surface area contributed by atoms with Crippen molar-refractivity contribution < 1.29 is 23.8 Å². The lowest BCUT2D eigenvalue weighted by molar-refractivity contribution is -0.0274. The molecule has 1 spiro atoms. The van der Waals surface area contributed by atoms with Gasteiger partial charge in [0.15, 0.2) is 0 Å². The number of urea groups is 1. The number of benzene rings is 1. The molecule has 0 atom stereocenters. The summed E-state index contributed by atoms with van der Waals surface area (Å²) in [5.41, 5.74) is 3.01. The zero-order chi connectivity index (χ0) is 26.0. The summed E-state index contributed by atoms with van der Waals surface area (Å²) in [6, 6.07) is 9.74. The lowest BCUT2D eigenvalue weighted by Gasteiger charge is -2.44. The molecule has 0 bridgehead atoms. The Morgan fingerprint density at radius 2 is 1.70 bits per heavy atom. The van der Waals surface area contributed by atoms with E-state index in [9.17, 15) is 9.59 Å². The van der Waals surface area contributed by atoms with Crippen molar-refractivity contribution in [3.63, 3.8) is 0 Å². The summed E-state index contributed by atoms with van der Waals surface area (Å²) in [4.78, 5) is 33.1. The molecule has 0 unspecified atom stereocenters. The van der Waals surface area contributed by atoms with Gasteiger partial charge in [-0.05, 0) is 57.4 Å². The summed E-state index contributed by atoms with van der Waals surface area (Å²) in [6.07, 6.45) is 4.95. The SMILES string of the molecule is CC(C)(C)OC(=O)N1CCC2(CCc3cc(-c4ccc(NC(=O)N5CCOCC5)cc4)ncc3O2)CC1. The molecule has 0 saturated carbocycles. The van der Waals surface area contributed by atoms with Gasteiger partial charge in [-0.3, -0.25) is 4.98 Å². The van der Waals surface area contributed by atoms with Crippen LogP contribution in [0.1, 0.15) is 45.6 Å². The van der Waals surface area contributed by atoms with E-state index in [1.165, 1.54) is 0 Å². The third-order valence-electron chi connectivity index (χ3n) is 7.18. The molecule has 2 fully saturated rings. The second-order valence-electron chi connectivity index (χ2n) is 11.0. The second kappa shape index (κ2) is 10.2. The quantitative estimate of drug-likeness (QED) is 0.632. The fraction of sp³-hybridized carbons (Fsp3) is 0.536. The van der Waals surface area contributed by atoms with E-state index in [0.717, 1.165) is 53.9 Å². The minimum atomic E-state index is -0.493. The van der Waals surface area contributed by atoms with Crippen LogP contribution in [-0.2, 0) is 15.9 Å². The van der Waals surface area contributed by atoms with E-state index < -0.39 is 5.60 Å². The van der Waals surface area contributed by atoms with Crippen molar-refractivity contribution in [1.82, 2.24) is 14.8 Å². The third kappa shape index (κ3) is 5.98. The number of amides is 3. The summed E-state index contributed by atoms with van der Waals surface area (Å²) in [6.45, 7) is 9.28. The molecule has 37 heavy (non-hydrogen) atoms. The number of anilines is 1. The fourth-order valence-electron chi connectivity index (χ4n) is 5.05. The number of hydrogen-bond donors (Lipinski definition) is 1. The number of pyridine rings is 1. The zero-order valence-electron chi connectivity index (χ0n) is 21.9. The van der Waals surface area contributed by atoms with Gasteiger partial charge in [0.05, 0.1) is 25.1 Å². The van der Waals surface area contributed by atoms with Crippen molar-refractivity contribution in [2.24, 2.45) is 0 Å². The van der Waals surface area contributed by atoms with Crippen LogP contribution in [0.4, 0.5) is 15.3 Å². The van der Waals surface area contributed by atoms with Gasteiger partial charge >= 0.3 is 12.1 Å². The Kier molecular flexibility index (Phi) is 6.98. The van der Waals surface area contributed by atoms with E-state index in [0.29, 0.717) is 39.4 Å². The molecule has 4 heterocycles. The number of likely N-dealkylation sites (tertiary alicyclic amines) is 1. The minimum Gasteiger partial charge on any atom is -0.485 e. The van der Waals surface area contributed by atoms with E-state index in [-0.39, 0.29) is 17.7 Å². The van der Waals surface area contributed by atoms with Crippen LogP contribution in [-0.4, -0.2) is 77.5 Å². The highest BCUT2D eigenvalue weighted by molar-refractivity contribution is 5.89. The number of fused-ring (bicyclic) bond motifs is 1. The number of nitrogens with zero attached hydrogens (tertiary/aromatic N) is 3. The average molecular weight is 509 g/mol. The number of hydrogen-bond acceptors (Lipinski definition) is 6. The van der Waals surface area contributed by atoms with E-state index in [4.69, 9.17) is 14.2 Å². The minimum absolute atomic E-state index is 0.106. The van der Waals surface area contributed by atoms with E-state index >= 15 is 0 Å². The first kappa shape index (κ1) is 25.3. The fourth-order valence-corrected chi connectivity index (χ4v) is 5.05. The number of rotatable bonds is 2. The van der Waals surface area contributed by atoms with Crippen LogP contribution in [0.15, 0.2) is 36.5 Å². The molecule has 2 saturated heterocycles.